The molecule has 6 nitrogen and oxygen atoms in total. The van der Waals surface area contributed by atoms with E-state index >= 15 is 0 Å². The van der Waals surface area contributed by atoms with Gasteiger partial charge in [-0.15, -0.1) is 0 Å². The van der Waals surface area contributed by atoms with Crippen LogP contribution in [0.4, 0.5) is 5.69 Å². The van der Waals surface area contributed by atoms with Gasteiger partial charge in [-0.3, -0.25) is 19.8 Å². The largest absolute Gasteiger partial charge is 0.457 e. The van der Waals surface area contributed by atoms with Crippen molar-refractivity contribution in [1.29, 1.82) is 0 Å². The lowest BCUT2D eigenvalue weighted by atomic mass is 9.99. The minimum absolute atomic E-state index is 0.000118. The fourth-order valence-corrected chi connectivity index (χ4v) is 4.58. The van der Waals surface area contributed by atoms with Crippen molar-refractivity contribution in [2.24, 2.45) is 5.92 Å². The highest BCUT2D eigenvalue weighted by atomic mass is 32.2. The Balaban J connectivity index is 1.75. The Morgan fingerprint density at radius 1 is 1.30 bits per heavy atom. The van der Waals surface area contributed by atoms with Crippen molar-refractivity contribution in [3.63, 3.8) is 0 Å². The summed E-state index contributed by atoms with van der Waals surface area (Å²) in [6.07, 6.45) is 6.08. The number of unbranched alkanes of at least 4 members (excludes halogenated alkanes) is 1. The van der Waals surface area contributed by atoms with E-state index in [1.165, 1.54) is 23.9 Å². The summed E-state index contributed by atoms with van der Waals surface area (Å²) in [5, 5.41) is 11.0. The average Bonchev–Trinajstić information content (AvgIpc) is 3.31. The van der Waals surface area contributed by atoms with Crippen LogP contribution in [0.5, 0.6) is 0 Å². The maximum Gasteiger partial charge on any atom is 0.270 e. The van der Waals surface area contributed by atoms with Crippen LogP contribution in [0.3, 0.4) is 0 Å². The molecular weight excluding hydrogens is 420 g/mol. The van der Waals surface area contributed by atoms with Crippen LogP contribution in [0.15, 0.2) is 45.7 Å². The smallest absolute Gasteiger partial charge is 0.270 e. The zero-order chi connectivity index (χ0) is 21.7. The lowest BCUT2D eigenvalue weighted by molar-refractivity contribution is -0.384. The number of hydrogen-bond donors (Lipinski definition) is 0. The first-order valence-electron chi connectivity index (χ1n) is 10.0. The minimum atomic E-state index is -0.442. The third kappa shape index (κ3) is 5.17. The topological polar surface area (TPSA) is 76.6 Å². The van der Waals surface area contributed by atoms with E-state index in [0.717, 1.165) is 25.7 Å². The van der Waals surface area contributed by atoms with Gasteiger partial charge >= 0.3 is 0 Å². The van der Waals surface area contributed by atoms with Crippen molar-refractivity contribution in [1.82, 2.24) is 4.90 Å². The number of amides is 1. The standard InChI is InChI=1S/C22H24N2O4S2/c1-3-5-7-15(4-2)14-23-21(25)20(30-22(23)29)13-18-10-11-19(28-18)16-8-6-9-17(12-16)24(26)27/h6,8-13,15H,3-5,7,14H2,1-2H3/b20-13-/t15-/m1/s1. The number of carbonyl (C=O) groups excluding carboxylic acids is 1. The maximum atomic E-state index is 12.9. The van der Waals surface area contributed by atoms with E-state index in [1.54, 1.807) is 35.2 Å². The van der Waals surface area contributed by atoms with Crippen molar-refractivity contribution >= 4 is 46.0 Å². The number of nitro benzene ring substituents is 1. The molecule has 0 unspecified atom stereocenters. The highest BCUT2D eigenvalue weighted by Crippen LogP contribution is 2.35. The molecule has 158 valence electrons. The van der Waals surface area contributed by atoms with Crippen molar-refractivity contribution in [2.75, 3.05) is 6.54 Å². The molecule has 0 N–H and O–H groups in total. The van der Waals surface area contributed by atoms with Gasteiger partial charge in [-0.25, -0.2) is 0 Å². The molecule has 2 heterocycles. The second kappa shape index (κ2) is 10.0. The van der Waals surface area contributed by atoms with Crippen LogP contribution in [0, 0.1) is 16.0 Å². The monoisotopic (exact) mass is 444 g/mol. The number of nitrogens with zero attached hydrogens (tertiary/aromatic N) is 2. The maximum absolute atomic E-state index is 12.9. The molecule has 1 aliphatic heterocycles. The molecule has 1 saturated heterocycles. The molecule has 0 spiro atoms. The number of hydrogen-bond acceptors (Lipinski definition) is 6. The van der Waals surface area contributed by atoms with Gasteiger partial charge in [0.25, 0.3) is 11.6 Å². The molecule has 1 aromatic carbocycles. The van der Waals surface area contributed by atoms with Gasteiger partial charge in [-0.05, 0) is 24.5 Å². The number of benzene rings is 1. The van der Waals surface area contributed by atoms with Gasteiger partial charge < -0.3 is 4.42 Å². The predicted octanol–water partition coefficient (Wildman–Crippen LogP) is 6.27. The molecule has 3 rings (SSSR count). The molecule has 0 radical (unpaired) electrons. The van der Waals surface area contributed by atoms with Crippen LogP contribution in [-0.4, -0.2) is 26.6 Å². The first kappa shape index (κ1) is 22.2. The zero-order valence-corrected chi connectivity index (χ0v) is 18.6. The van der Waals surface area contributed by atoms with Gasteiger partial charge in [0.15, 0.2) is 0 Å². The van der Waals surface area contributed by atoms with Crippen LogP contribution in [0.2, 0.25) is 0 Å². The van der Waals surface area contributed by atoms with Gasteiger partial charge in [0.1, 0.15) is 15.8 Å². The van der Waals surface area contributed by atoms with Gasteiger partial charge in [-0.2, -0.15) is 0 Å². The van der Waals surface area contributed by atoms with Crippen LogP contribution >= 0.6 is 24.0 Å². The van der Waals surface area contributed by atoms with E-state index in [9.17, 15) is 14.9 Å². The second-order valence-electron chi connectivity index (χ2n) is 7.22. The quantitative estimate of drug-likeness (QED) is 0.196. The van der Waals surface area contributed by atoms with E-state index in [1.807, 2.05) is 0 Å². The summed E-state index contributed by atoms with van der Waals surface area (Å²) in [4.78, 5) is 25.6. The van der Waals surface area contributed by atoms with Gasteiger partial charge in [0, 0.05) is 30.3 Å². The Bertz CT molecular complexity index is 983. The highest BCUT2D eigenvalue weighted by molar-refractivity contribution is 8.26. The fourth-order valence-electron chi connectivity index (χ4n) is 3.32. The van der Waals surface area contributed by atoms with Gasteiger partial charge in [0.05, 0.1) is 9.83 Å². The summed E-state index contributed by atoms with van der Waals surface area (Å²) < 4.78 is 6.39. The molecule has 0 saturated carbocycles. The van der Waals surface area contributed by atoms with Crippen LogP contribution in [0.25, 0.3) is 17.4 Å². The van der Waals surface area contributed by atoms with E-state index < -0.39 is 4.92 Å². The second-order valence-corrected chi connectivity index (χ2v) is 8.89. The molecule has 1 fully saturated rings. The Hall–Kier alpha value is -2.45. The Labute approximate surface area is 185 Å². The van der Waals surface area contributed by atoms with E-state index in [2.05, 4.69) is 13.8 Å². The first-order chi connectivity index (χ1) is 14.4. The summed E-state index contributed by atoms with van der Waals surface area (Å²) in [5.74, 6) is 1.37. The Morgan fingerprint density at radius 2 is 2.10 bits per heavy atom. The molecule has 30 heavy (non-hydrogen) atoms. The third-order valence-electron chi connectivity index (χ3n) is 5.10. The molecular formula is C22H24N2O4S2. The van der Waals surface area contributed by atoms with Crippen LogP contribution in [-0.2, 0) is 4.79 Å². The molecule has 1 amide bonds. The molecule has 0 aliphatic carbocycles. The predicted molar refractivity (Wildman–Crippen MR) is 124 cm³/mol. The molecule has 1 aliphatic rings. The molecule has 0 bridgehead atoms. The third-order valence-corrected chi connectivity index (χ3v) is 6.48. The van der Waals surface area contributed by atoms with Gasteiger partial charge in [0.2, 0.25) is 0 Å². The normalized spacial score (nSPS) is 16.5. The molecule has 2 aromatic rings. The SMILES string of the molecule is CCCC[C@@H](CC)CN1C(=O)/C(=C/c2ccc(-c3cccc([N+](=O)[O-])c3)o2)SC1=S. The van der Waals surface area contributed by atoms with E-state index in [0.29, 0.717) is 38.8 Å². The minimum Gasteiger partial charge on any atom is -0.457 e. The summed E-state index contributed by atoms with van der Waals surface area (Å²) in [5.41, 5.74) is 0.609. The summed E-state index contributed by atoms with van der Waals surface area (Å²) in [6, 6.07) is 9.74. The lowest BCUT2D eigenvalue weighted by Gasteiger charge is -2.21. The van der Waals surface area contributed by atoms with Crippen molar-refractivity contribution in [2.45, 2.75) is 39.5 Å². The number of thiocarbonyl (C=S) groups is 1. The molecule has 1 atom stereocenters. The van der Waals surface area contributed by atoms with Crippen molar-refractivity contribution in [3.8, 4) is 11.3 Å². The number of furan rings is 1. The van der Waals surface area contributed by atoms with E-state index in [-0.39, 0.29) is 11.6 Å². The first-order valence-corrected chi connectivity index (χ1v) is 11.3. The van der Waals surface area contributed by atoms with Gasteiger partial charge in [-0.1, -0.05) is 69.2 Å². The number of nitro groups is 1. The summed E-state index contributed by atoms with van der Waals surface area (Å²) in [6.45, 7) is 4.96. The van der Waals surface area contributed by atoms with Crippen molar-refractivity contribution < 1.29 is 14.1 Å². The number of thioether (sulfide) groups is 1. The average molecular weight is 445 g/mol. The Morgan fingerprint density at radius 3 is 2.80 bits per heavy atom. The van der Waals surface area contributed by atoms with Crippen LogP contribution in [0.1, 0.15) is 45.3 Å². The summed E-state index contributed by atoms with van der Waals surface area (Å²) in [7, 11) is 0. The zero-order valence-electron chi connectivity index (χ0n) is 17.0. The molecule has 8 heteroatoms. The number of carbonyl (C=O) groups is 1. The fraction of sp³-hybridized carbons (Fsp3) is 0.364. The van der Waals surface area contributed by atoms with E-state index in [4.69, 9.17) is 16.6 Å². The number of rotatable bonds is 9. The molecule has 1 aromatic heterocycles. The highest BCUT2D eigenvalue weighted by Gasteiger charge is 2.33. The number of non-ortho nitro benzene ring substituents is 1. The lowest BCUT2D eigenvalue weighted by Crippen LogP contribution is -2.33. The van der Waals surface area contributed by atoms with Crippen LogP contribution < -0.4 is 0 Å². The van der Waals surface area contributed by atoms with Crippen molar-refractivity contribution in [3.05, 3.63) is 57.2 Å². The summed E-state index contributed by atoms with van der Waals surface area (Å²) >= 11 is 6.73. The Kier molecular flexibility index (Phi) is 7.44.